The van der Waals surface area contributed by atoms with Crippen molar-refractivity contribution in [1.29, 1.82) is 0 Å². The Bertz CT molecular complexity index is 313. The van der Waals surface area contributed by atoms with Gasteiger partial charge in [-0.05, 0) is 13.3 Å². The molecule has 0 heterocycles. The number of hydrogen-bond donors (Lipinski definition) is 2. The van der Waals surface area contributed by atoms with Gasteiger partial charge in [0.05, 0.1) is 12.3 Å². The molecular formula is C19H42NO3P. The molecule has 0 rings (SSSR count). The SMILES string of the molecule is CCCCCCCCCCCCCCCCOP(=O)(O)C(C)CN. The molecule has 0 amide bonds. The molecule has 0 bridgehead atoms. The fourth-order valence-corrected chi connectivity index (χ4v) is 3.66. The van der Waals surface area contributed by atoms with Gasteiger partial charge < -0.3 is 15.2 Å². The van der Waals surface area contributed by atoms with E-state index in [2.05, 4.69) is 6.92 Å². The zero-order valence-corrected chi connectivity index (χ0v) is 17.1. The molecule has 0 aromatic rings. The van der Waals surface area contributed by atoms with Crippen LogP contribution < -0.4 is 5.73 Å². The predicted octanol–water partition coefficient (Wildman–Crippen LogP) is 6.02. The summed E-state index contributed by atoms with van der Waals surface area (Å²) < 4.78 is 16.9. The van der Waals surface area contributed by atoms with E-state index >= 15 is 0 Å². The molecule has 2 unspecified atom stereocenters. The first-order chi connectivity index (χ1) is 11.5. The van der Waals surface area contributed by atoms with Crippen LogP contribution in [0.15, 0.2) is 0 Å². The minimum atomic E-state index is -3.50. The van der Waals surface area contributed by atoms with Gasteiger partial charge in [0.15, 0.2) is 0 Å². The molecule has 0 aliphatic heterocycles. The van der Waals surface area contributed by atoms with Gasteiger partial charge in [-0.1, -0.05) is 90.4 Å². The van der Waals surface area contributed by atoms with Gasteiger partial charge >= 0.3 is 7.60 Å². The van der Waals surface area contributed by atoms with Crippen LogP contribution in [0.3, 0.4) is 0 Å². The average Bonchev–Trinajstić information content (AvgIpc) is 2.57. The zero-order chi connectivity index (χ0) is 18.1. The molecular weight excluding hydrogens is 321 g/mol. The van der Waals surface area contributed by atoms with Gasteiger partial charge in [0, 0.05) is 6.54 Å². The van der Waals surface area contributed by atoms with Gasteiger partial charge in [0.2, 0.25) is 0 Å². The Morgan fingerprint density at radius 3 is 1.58 bits per heavy atom. The third-order valence-corrected chi connectivity index (χ3v) is 6.55. The second-order valence-corrected chi connectivity index (χ2v) is 9.35. The molecule has 146 valence electrons. The van der Waals surface area contributed by atoms with E-state index in [1.807, 2.05) is 0 Å². The Morgan fingerprint density at radius 2 is 1.21 bits per heavy atom. The lowest BCUT2D eigenvalue weighted by molar-refractivity contribution is 0.246. The molecule has 4 nitrogen and oxygen atoms in total. The van der Waals surface area contributed by atoms with Crippen molar-refractivity contribution >= 4 is 7.60 Å². The second-order valence-electron chi connectivity index (χ2n) is 7.08. The minimum absolute atomic E-state index is 0.187. The van der Waals surface area contributed by atoms with Crippen LogP contribution in [0.25, 0.3) is 0 Å². The summed E-state index contributed by atoms with van der Waals surface area (Å²) in [6.45, 7) is 4.48. The zero-order valence-electron chi connectivity index (χ0n) is 16.2. The maximum atomic E-state index is 11.7. The summed E-state index contributed by atoms with van der Waals surface area (Å²) in [5, 5.41) is 0. The van der Waals surface area contributed by atoms with Crippen molar-refractivity contribution in [3.63, 3.8) is 0 Å². The standard InChI is InChI=1S/C19H42NO3P/c1-3-4-5-6-7-8-9-10-11-12-13-14-15-16-17-23-24(21,22)19(2)18-20/h19H,3-18,20H2,1-2H3,(H,21,22). The van der Waals surface area contributed by atoms with Crippen LogP contribution in [0.4, 0.5) is 0 Å². The highest BCUT2D eigenvalue weighted by Gasteiger charge is 2.26. The number of hydrogen-bond acceptors (Lipinski definition) is 3. The lowest BCUT2D eigenvalue weighted by Crippen LogP contribution is -2.18. The fraction of sp³-hybridized carbons (Fsp3) is 1.00. The van der Waals surface area contributed by atoms with Crippen molar-refractivity contribution in [2.45, 2.75) is 109 Å². The molecule has 2 atom stereocenters. The highest BCUT2D eigenvalue weighted by molar-refractivity contribution is 7.53. The number of nitrogens with two attached hydrogens (primary N) is 1. The summed E-state index contributed by atoms with van der Waals surface area (Å²) in [6.07, 6.45) is 18.2. The van der Waals surface area contributed by atoms with E-state index in [1.54, 1.807) is 6.92 Å². The minimum Gasteiger partial charge on any atom is -0.330 e. The molecule has 24 heavy (non-hydrogen) atoms. The first-order valence-corrected chi connectivity index (χ1v) is 11.9. The highest BCUT2D eigenvalue weighted by Crippen LogP contribution is 2.46. The van der Waals surface area contributed by atoms with E-state index in [1.165, 1.54) is 77.0 Å². The third kappa shape index (κ3) is 14.5. The first-order valence-electron chi connectivity index (χ1n) is 10.2. The smallest absolute Gasteiger partial charge is 0.330 e. The van der Waals surface area contributed by atoms with E-state index in [4.69, 9.17) is 10.3 Å². The fourth-order valence-electron chi connectivity index (χ4n) is 2.75. The lowest BCUT2D eigenvalue weighted by Gasteiger charge is -2.17. The van der Waals surface area contributed by atoms with Crippen molar-refractivity contribution < 1.29 is 14.0 Å². The van der Waals surface area contributed by atoms with Crippen LogP contribution in [0.2, 0.25) is 0 Å². The summed E-state index contributed by atoms with van der Waals surface area (Å²) in [6, 6.07) is 0. The molecule has 5 heteroatoms. The van der Waals surface area contributed by atoms with Crippen molar-refractivity contribution in [2.75, 3.05) is 13.2 Å². The summed E-state index contributed by atoms with van der Waals surface area (Å²) in [5.41, 5.74) is 4.93. The molecule has 0 saturated heterocycles. The van der Waals surface area contributed by atoms with Crippen LogP contribution in [0.5, 0.6) is 0 Å². The van der Waals surface area contributed by atoms with Gasteiger partial charge in [0.1, 0.15) is 0 Å². The number of unbranched alkanes of at least 4 members (excludes halogenated alkanes) is 13. The summed E-state index contributed by atoms with van der Waals surface area (Å²) in [7, 11) is -3.50. The largest absolute Gasteiger partial charge is 0.332 e. The molecule has 0 aromatic carbocycles. The van der Waals surface area contributed by atoms with Gasteiger partial charge in [-0.2, -0.15) is 0 Å². The van der Waals surface area contributed by atoms with Crippen molar-refractivity contribution in [3.05, 3.63) is 0 Å². The monoisotopic (exact) mass is 363 g/mol. The van der Waals surface area contributed by atoms with Crippen molar-refractivity contribution in [1.82, 2.24) is 0 Å². The van der Waals surface area contributed by atoms with E-state index in [-0.39, 0.29) is 6.54 Å². The molecule has 0 aliphatic rings. The Balaban J connectivity index is 3.22. The normalized spacial score (nSPS) is 15.3. The Labute approximate surface area is 150 Å². The summed E-state index contributed by atoms with van der Waals surface area (Å²) in [5.74, 6) is 0. The third-order valence-electron chi connectivity index (χ3n) is 4.67. The molecule has 3 N–H and O–H groups in total. The molecule has 0 aliphatic carbocycles. The second kappa shape index (κ2) is 16.6. The van der Waals surface area contributed by atoms with Crippen LogP contribution in [-0.4, -0.2) is 23.7 Å². The first kappa shape index (κ1) is 24.1. The van der Waals surface area contributed by atoms with Crippen LogP contribution in [0.1, 0.15) is 104 Å². The Hall–Kier alpha value is 0.110. The van der Waals surface area contributed by atoms with Gasteiger partial charge in [0.25, 0.3) is 0 Å². The molecule has 0 saturated carbocycles. The maximum Gasteiger partial charge on any atom is 0.332 e. The summed E-state index contributed by atoms with van der Waals surface area (Å²) >= 11 is 0. The maximum absolute atomic E-state index is 11.7. The van der Waals surface area contributed by atoms with E-state index in [9.17, 15) is 9.46 Å². The highest BCUT2D eigenvalue weighted by atomic mass is 31.2. The van der Waals surface area contributed by atoms with Gasteiger partial charge in [-0.3, -0.25) is 4.57 Å². The Morgan fingerprint density at radius 1 is 0.833 bits per heavy atom. The lowest BCUT2D eigenvalue weighted by atomic mass is 10.0. The quantitative estimate of drug-likeness (QED) is 0.231. The van der Waals surface area contributed by atoms with Gasteiger partial charge in [-0.25, -0.2) is 0 Å². The van der Waals surface area contributed by atoms with Crippen LogP contribution in [-0.2, 0) is 9.09 Å². The topological polar surface area (TPSA) is 72.5 Å². The molecule has 0 spiro atoms. The van der Waals surface area contributed by atoms with Crippen LogP contribution >= 0.6 is 7.60 Å². The molecule has 0 fully saturated rings. The predicted molar refractivity (Wildman–Crippen MR) is 105 cm³/mol. The van der Waals surface area contributed by atoms with E-state index in [0.29, 0.717) is 6.61 Å². The van der Waals surface area contributed by atoms with E-state index in [0.717, 1.165) is 12.8 Å². The van der Waals surface area contributed by atoms with Crippen LogP contribution in [0, 0.1) is 0 Å². The molecule has 0 radical (unpaired) electrons. The Kier molecular flexibility index (Phi) is 16.6. The number of rotatable bonds is 18. The molecule has 0 aromatic heterocycles. The van der Waals surface area contributed by atoms with Crippen molar-refractivity contribution in [2.24, 2.45) is 5.73 Å². The van der Waals surface area contributed by atoms with Gasteiger partial charge in [-0.15, -0.1) is 0 Å². The van der Waals surface area contributed by atoms with E-state index < -0.39 is 13.3 Å². The summed E-state index contributed by atoms with van der Waals surface area (Å²) in [4.78, 5) is 9.64. The average molecular weight is 364 g/mol. The van der Waals surface area contributed by atoms with Crippen molar-refractivity contribution in [3.8, 4) is 0 Å².